The van der Waals surface area contributed by atoms with Gasteiger partial charge in [-0.2, -0.15) is 0 Å². The quantitative estimate of drug-likeness (QED) is 0.573. The molecule has 1 amide bonds. The van der Waals surface area contributed by atoms with Gasteiger partial charge in [-0.25, -0.2) is 4.79 Å². The summed E-state index contributed by atoms with van der Waals surface area (Å²) >= 11 is 19.1. The number of imidazole rings is 1. The number of amides is 1. The van der Waals surface area contributed by atoms with E-state index in [0.29, 0.717) is 33.3 Å². The smallest absolute Gasteiger partial charge is 0.333 e. The van der Waals surface area contributed by atoms with Crippen LogP contribution in [0.3, 0.4) is 0 Å². The highest BCUT2D eigenvalue weighted by molar-refractivity contribution is 6.37. The molecule has 1 saturated heterocycles. The number of fused-ring (bicyclic) bond motifs is 1. The van der Waals surface area contributed by atoms with E-state index < -0.39 is 5.91 Å². The van der Waals surface area contributed by atoms with Crippen molar-refractivity contribution in [2.75, 3.05) is 13.1 Å². The van der Waals surface area contributed by atoms with Crippen molar-refractivity contribution in [3.8, 4) is 5.69 Å². The van der Waals surface area contributed by atoms with Gasteiger partial charge < -0.3 is 5.73 Å². The summed E-state index contributed by atoms with van der Waals surface area (Å²) in [7, 11) is 0. The molecule has 6 nitrogen and oxygen atoms in total. The van der Waals surface area contributed by atoms with E-state index in [1.54, 1.807) is 28.8 Å². The molecule has 31 heavy (non-hydrogen) atoms. The van der Waals surface area contributed by atoms with Crippen molar-refractivity contribution >= 4 is 51.7 Å². The SMILES string of the molecule is CCN1CCCCC1Cn1c(=O)n(-c2ccc(Cl)cc2Cl)c2c(Cl)cc(C(N)=O)cc21. The number of carbonyl (C=O) groups excluding carboxylic acids is 1. The van der Waals surface area contributed by atoms with Crippen molar-refractivity contribution in [3.05, 3.63) is 61.4 Å². The fourth-order valence-corrected chi connectivity index (χ4v) is 5.22. The number of piperidine rings is 1. The van der Waals surface area contributed by atoms with Gasteiger partial charge in [-0.1, -0.05) is 48.1 Å². The van der Waals surface area contributed by atoms with Crippen LogP contribution in [0.2, 0.25) is 15.1 Å². The highest BCUT2D eigenvalue weighted by atomic mass is 35.5. The molecule has 0 aliphatic carbocycles. The molecule has 0 spiro atoms. The zero-order chi connectivity index (χ0) is 22.3. The average Bonchev–Trinajstić information content (AvgIpc) is 3.00. The Balaban J connectivity index is 1.97. The minimum Gasteiger partial charge on any atom is -0.366 e. The molecule has 2 aromatic carbocycles. The number of primary amides is 1. The number of rotatable bonds is 5. The maximum absolute atomic E-state index is 13.7. The molecule has 0 bridgehead atoms. The van der Waals surface area contributed by atoms with E-state index in [-0.39, 0.29) is 22.3 Å². The van der Waals surface area contributed by atoms with Crippen LogP contribution in [0, 0.1) is 0 Å². The molecule has 1 fully saturated rings. The van der Waals surface area contributed by atoms with Gasteiger partial charge in [-0.3, -0.25) is 18.8 Å². The second-order valence-electron chi connectivity index (χ2n) is 7.79. The Morgan fingerprint density at radius 1 is 1.13 bits per heavy atom. The lowest BCUT2D eigenvalue weighted by atomic mass is 10.0. The van der Waals surface area contributed by atoms with Crippen molar-refractivity contribution in [1.82, 2.24) is 14.0 Å². The van der Waals surface area contributed by atoms with Gasteiger partial charge in [0, 0.05) is 23.2 Å². The van der Waals surface area contributed by atoms with Crippen LogP contribution in [0.4, 0.5) is 0 Å². The van der Waals surface area contributed by atoms with Crippen LogP contribution in [-0.2, 0) is 6.54 Å². The third-order valence-corrected chi connectivity index (χ3v) is 6.79. The number of hydrogen-bond donors (Lipinski definition) is 1. The molecule has 9 heteroatoms. The molecule has 0 saturated carbocycles. The lowest BCUT2D eigenvalue weighted by molar-refractivity contribution is 0.100. The van der Waals surface area contributed by atoms with Gasteiger partial charge >= 0.3 is 5.69 Å². The molecular weight excluding hydrogens is 459 g/mol. The lowest BCUT2D eigenvalue weighted by Gasteiger charge is -2.35. The summed E-state index contributed by atoms with van der Waals surface area (Å²) in [6.07, 6.45) is 3.27. The van der Waals surface area contributed by atoms with E-state index in [1.807, 2.05) is 0 Å². The van der Waals surface area contributed by atoms with Crippen molar-refractivity contribution in [3.63, 3.8) is 0 Å². The van der Waals surface area contributed by atoms with Crippen molar-refractivity contribution in [1.29, 1.82) is 0 Å². The second-order valence-corrected chi connectivity index (χ2v) is 9.04. The number of likely N-dealkylation sites (N-methyl/N-ethyl adjacent to an activating group) is 1. The van der Waals surface area contributed by atoms with Gasteiger partial charge in [-0.05, 0) is 56.3 Å². The zero-order valence-electron chi connectivity index (χ0n) is 17.1. The minimum atomic E-state index is -0.604. The van der Waals surface area contributed by atoms with Crippen LogP contribution < -0.4 is 11.4 Å². The maximum Gasteiger partial charge on any atom is 0.333 e. The number of nitrogens with zero attached hydrogens (tertiary/aromatic N) is 3. The largest absolute Gasteiger partial charge is 0.366 e. The topological polar surface area (TPSA) is 73.3 Å². The molecular formula is C22H23Cl3N4O2. The molecule has 2 heterocycles. The van der Waals surface area contributed by atoms with Crippen molar-refractivity contribution < 1.29 is 4.79 Å². The molecule has 1 aliphatic heterocycles. The van der Waals surface area contributed by atoms with Crippen LogP contribution in [0.25, 0.3) is 16.7 Å². The number of hydrogen-bond acceptors (Lipinski definition) is 3. The number of likely N-dealkylation sites (tertiary alicyclic amines) is 1. The van der Waals surface area contributed by atoms with Gasteiger partial charge in [0.1, 0.15) is 0 Å². The van der Waals surface area contributed by atoms with E-state index in [9.17, 15) is 9.59 Å². The monoisotopic (exact) mass is 480 g/mol. The first kappa shape index (κ1) is 22.2. The van der Waals surface area contributed by atoms with Crippen LogP contribution in [0.1, 0.15) is 36.5 Å². The van der Waals surface area contributed by atoms with Gasteiger partial charge in [0.25, 0.3) is 0 Å². The van der Waals surface area contributed by atoms with Gasteiger partial charge in [0.05, 0.1) is 26.8 Å². The fourth-order valence-electron chi connectivity index (χ4n) is 4.43. The average molecular weight is 482 g/mol. The Hall–Kier alpha value is -1.99. The minimum absolute atomic E-state index is 0.215. The fraction of sp³-hybridized carbons (Fsp3) is 0.364. The van der Waals surface area contributed by atoms with E-state index in [1.165, 1.54) is 10.6 Å². The van der Waals surface area contributed by atoms with Crippen molar-refractivity contribution in [2.45, 2.75) is 38.8 Å². The Kier molecular flexibility index (Phi) is 6.35. The summed E-state index contributed by atoms with van der Waals surface area (Å²) < 4.78 is 3.16. The van der Waals surface area contributed by atoms with Gasteiger partial charge in [0.2, 0.25) is 5.91 Å². The molecule has 164 valence electrons. The summed E-state index contributed by atoms with van der Waals surface area (Å²) in [5.74, 6) is -0.604. The Labute approximate surface area is 195 Å². The van der Waals surface area contributed by atoms with E-state index in [2.05, 4.69) is 11.8 Å². The predicted molar refractivity (Wildman–Crippen MR) is 126 cm³/mol. The third kappa shape index (κ3) is 4.10. The molecule has 3 aromatic rings. The van der Waals surface area contributed by atoms with E-state index in [0.717, 1.165) is 32.4 Å². The first-order valence-corrected chi connectivity index (χ1v) is 11.4. The molecule has 1 aliphatic rings. The standard InChI is InChI=1S/C22H23Cl3N4O2/c1-2-27-8-4-3-5-15(27)12-28-19-10-13(21(26)30)9-17(25)20(19)29(22(28)31)18-7-6-14(23)11-16(18)24/h6-7,9-11,15H,2-5,8,12H2,1H3,(H2,26,30). The second kappa shape index (κ2) is 8.87. The molecule has 2 N–H and O–H groups in total. The van der Waals surface area contributed by atoms with E-state index >= 15 is 0 Å². The number of aromatic nitrogens is 2. The summed E-state index contributed by atoms with van der Waals surface area (Å²) in [6.45, 7) is 4.53. The number of halogens is 3. The lowest BCUT2D eigenvalue weighted by Crippen LogP contribution is -2.43. The summed E-state index contributed by atoms with van der Waals surface area (Å²) in [5.41, 5.74) is 7.01. The highest BCUT2D eigenvalue weighted by Crippen LogP contribution is 2.32. The number of nitrogens with two attached hydrogens (primary N) is 1. The highest BCUT2D eigenvalue weighted by Gasteiger charge is 2.26. The third-order valence-electron chi connectivity index (χ3n) is 5.96. The molecule has 1 aromatic heterocycles. The summed E-state index contributed by atoms with van der Waals surface area (Å²) in [4.78, 5) is 27.9. The number of carbonyl (C=O) groups is 1. The molecule has 4 rings (SSSR count). The number of benzene rings is 2. The van der Waals surface area contributed by atoms with Gasteiger partial charge in [0.15, 0.2) is 0 Å². The van der Waals surface area contributed by atoms with Gasteiger partial charge in [-0.15, -0.1) is 0 Å². The van der Waals surface area contributed by atoms with Crippen LogP contribution in [0.15, 0.2) is 35.1 Å². The normalized spacial score (nSPS) is 17.4. The molecule has 1 unspecified atom stereocenters. The Morgan fingerprint density at radius 2 is 1.90 bits per heavy atom. The van der Waals surface area contributed by atoms with Crippen molar-refractivity contribution in [2.24, 2.45) is 5.73 Å². The zero-order valence-corrected chi connectivity index (χ0v) is 19.3. The molecule has 0 radical (unpaired) electrons. The summed E-state index contributed by atoms with van der Waals surface area (Å²) in [6, 6.07) is 8.27. The first-order chi connectivity index (χ1) is 14.8. The van der Waals surface area contributed by atoms with E-state index in [4.69, 9.17) is 40.5 Å². The first-order valence-electron chi connectivity index (χ1n) is 10.3. The predicted octanol–water partition coefficient (Wildman–Crippen LogP) is 4.73. The van der Waals surface area contributed by atoms with Crippen LogP contribution in [-0.4, -0.2) is 39.1 Å². The Morgan fingerprint density at radius 3 is 2.58 bits per heavy atom. The Bertz CT molecular complexity index is 1220. The van der Waals surface area contributed by atoms with Crippen LogP contribution in [0.5, 0.6) is 0 Å². The van der Waals surface area contributed by atoms with Crippen LogP contribution >= 0.6 is 34.8 Å². The molecule has 1 atom stereocenters. The maximum atomic E-state index is 13.7. The summed E-state index contributed by atoms with van der Waals surface area (Å²) in [5, 5.41) is 1.05.